The molecule has 28 heavy (non-hydrogen) atoms. The third-order valence-corrected chi connectivity index (χ3v) is 5.43. The zero-order valence-corrected chi connectivity index (χ0v) is 17.4. The molecule has 2 heterocycles. The molecule has 0 amide bonds. The smallest absolute Gasteiger partial charge is 0.336 e. The second-order valence-electron chi connectivity index (χ2n) is 8.45. The molecular weight excluding hydrogens is 356 g/mol. The minimum absolute atomic E-state index is 0.0676. The van der Waals surface area contributed by atoms with Crippen molar-refractivity contribution in [2.45, 2.75) is 60.0 Å². The van der Waals surface area contributed by atoms with Crippen LogP contribution in [0.15, 0.2) is 21.4 Å². The summed E-state index contributed by atoms with van der Waals surface area (Å²) >= 11 is 0. The van der Waals surface area contributed by atoms with Gasteiger partial charge in [0.1, 0.15) is 22.7 Å². The minimum Gasteiger partial charge on any atom is -0.506 e. The average Bonchev–Trinajstić information content (AvgIpc) is 2.59. The summed E-state index contributed by atoms with van der Waals surface area (Å²) < 4.78 is 11.7. The molecule has 0 unspecified atom stereocenters. The fourth-order valence-corrected chi connectivity index (χ4v) is 3.52. The van der Waals surface area contributed by atoms with E-state index < -0.39 is 11.2 Å². The number of carbonyl (C=O) groups excluding carboxylic acids is 1. The molecule has 0 aliphatic carbocycles. The normalized spacial score (nSPS) is 16.1. The van der Waals surface area contributed by atoms with Crippen LogP contribution in [-0.4, -0.2) is 16.5 Å². The van der Waals surface area contributed by atoms with Gasteiger partial charge in [0, 0.05) is 12.0 Å². The van der Waals surface area contributed by atoms with Gasteiger partial charge in [-0.15, -0.1) is 0 Å². The maximum atomic E-state index is 13.2. The van der Waals surface area contributed by atoms with Crippen LogP contribution in [-0.2, 0) is 6.42 Å². The lowest BCUT2D eigenvalue weighted by molar-refractivity contribution is 0.0897. The lowest BCUT2D eigenvalue weighted by Gasteiger charge is -2.30. The molecule has 0 bridgehead atoms. The van der Waals surface area contributed by atoms with E-state index in [4.69, 9.17) is 9.15 Å². The highest BCUT2D eigenvalue weighted by molar-refractivity contribution is 6.13. The fourth-order valence-electron chi connectivity index (χ4n) is 3.52. The van der Waals surface area contributed by atoms with Crippen molar-refractivity contribution >= 4 is 22.8 Å². The quantitative estimate of drug-likeness (QED) is 0.572. The Morgan fingerprint density at radius 3 is 2.54 bits per heavy atom. The Bertz CT molecular complexity index is 1020. The Balaban J connectivity index is 2.47. The van der Waals surface area contributed by atoms with E-state index >= 15 is 0 Å². The SMILES string of the molecule is CCCc1cc(=O)oc2c(C(=O)[C@H](C)C(C)C)c(O)c3c(c12)OC(C)(C)C=C3. The Morgan fingerprint density at radius 1 is 1.25 bits per heavy atom. The first kappa shape index (κ1) is 20.2. The number of aromatic hydroxyl groups is 1. The number of phenolic OH excluding ortho intramolecular Hbond substituents is 1. The van der Waals surface area contributed by atoms with Crippen LogP contribution in [0.4, 0.5) is 0 Å². The number of fused-ring (bicyclic) bond motifs is 3. The average molecular weight is 384 g/mol. The molecule has 3 rings (SSSR count). The summed E-state index contributed by atoms with van der Waals surface area (Å²) in [6, 6.07) is 1.46. The third-order valence-electron chi connectivity index (χ3n) is 5.43. The van der Waals surface area contributed by atoms with E-state index in [0.717, 1.165) is 12.0 Å². The highest BCUT2D eigenvalue weighted by atomic mass is 16.5. The molecular formula is C23H28O5. The van der Waals surface area contributed by atoms with Gasteiger partial charge in [-0.3, -0.25) is 4.79 Å². The van der Waals surface area contributed by atoms with Gasteiger partial charge in [0.25, 0.3) is 0 Å². The molecule has 0 radical (unpaired) electrons. The van der Waals surface area contributed by atoms with E-state index in [2.05, 4.69) is 0 Å². The van der Waals surface area contributed by atoms with Gasteiger partial charge in [0.05, 0.1) is 10.9 Å². The number of benzene rings is 1. The summed E-state index contributed by atoms with van der Waals surface area (Å²) in [5.41, 5.74) is 0.295. The van der Waals surface area contributed by atoms with Crippen molar-refractivity contribution in [3.05, 3.63) is 39.3 Å². The van der Waals surface area contributed by atoms with Crippen LogP contribution >= 0.6 is 0 Å². The Morgan fingerprint density at radius 2 is 1.93 bits per heavy atom. The van der Waals surface area contributed by atoms with Gasteiger partial charge in [-0.1, -0.05) is 34.1 Å². The zero-order chi connectivity index (χ0) is 20.8. The number of phenols is 1. The number of ether oxygens (including phenoxy) is 1. The number of hydrogen-bond acceptors (Lipinski definition) is 5. The molecule has 0 fully saturated rings. The van der Waals surface area contributed by atoms with Crippen LogP contribution < -0.4 is 10.4 Å². The van der Waals surface area contributed by atoms with Gasteiger partial charge in [0.15, 0.2) is 11.4 Å². The second-order valence-corrected chi connectivity index (χ2v) is 8.45. The van der Waals surface area contributed by atoms with Crippen molar-refractivity contribution in [3.8, 4) is 11.5 Å². The molecule has 0 spiro atoms. The summed E-state index contributed by atoms with van der Waals surface area (Å²) in [6.07, 6.45) is 5.09. The topological polar surface area (TPSA) is 76.7 Å². The Hall–Kier alpha value is -2.56. The summed E-state index contributed by atoms with van der Waals surface area (Å²) in [5.74, 6) is -0.230. The van der Waals surface area contributed by atoms with Crippen molar-refractivity contribution < 1.29 is 19.1 Å². The van der Waals surface area contributed by atoms with Crippen molar-refractivity contribution in [1.29, 1.82) is 0 Å². The molecule has 1 aromatic heterocycles. The van der Waals surface area contributed by atoms with Crippen molar-refractivity contribution in [2.75, 3.05) is 0 Å². The number of ketones is 1. The van der Waals surface area contributed by atoms with E-state index in [1.165, 1.54) is 6.07 Å². The third kappa shape index (κ3) is 3.34. The summed E-state index contributed by atoms with van der Waals surface area (Å²) in [5, 5.41) is 11.6. The molecule has 2 aromatic rings. The molecule has 0 saturated carbocycles. The monoisotopic (exact) mass is 384 g/mol. The maximum absolute atomic E-state index is 13.2. The number of carbonyl (C=O) groups is 1. The lowest BCUT2D eigenvalue weighted by atomic mass is 9.86. The van der Waals surface area contributed by atoms with Crippen LogP contribution in [0.3, 0.4) is 0 Å². The zero-order valence-electron chi connectivity index (χ0n) is 17.4. The van der Waals surface area contributed by atoms with Crippen molar-refractivity contribution in [3.63, 3.8) is 0 Å². The van der Waals surface area contributed by atoms with Gasteiger partial charge in [-0.2, -0.15) is 0 Å². The first-order chi connectivity index (χ1) is 13.1. The predicted octanol–water partition coefficient (Wildman–Crippen LogP) is 5.11. The molecule has 1 aromatic carbocycles. The van der Waals surface area contributed by atoms with E-state index in [9.17, 15) is 14.7 Å². The predicted molar refractivity (Wildman–Crippen MR) is 110 cm³/mol. The van der Waals surface area contributed by atoms with E-state index in [-0.39, 0.29) is 34.5 Å². The van der Waals surface area contributed by atoms with Gasteiger partial charge >= 0.3 is 5.63 Å². The molecule has 1 N–H and O–H groups in total. The summed E-state index contributed by atoms with van der Waals surface area (Å²) in [6.45, 7) is 11.6. The Kier molecular flexibility index (Phi) is 5.13. The fraction of sp³-hybridized carbons (Fsp3) is 0.478. The molecule has 0 saturated heterocycles. The Labute approximate surface area is 165 Å². The summed E-state index contributed by atoms with van der Waals surface area (Å²) in [4.78, 5) is 25.5. The maximum Gasteiger partial charge on any atom is 0.336 e. The van der Waals surface area contributed by atoms with Crippen LogP contribution in [0, 0.1) is 11.8 Å². The highest BCUT2D eigenvalue weighted by Gasteiger charge is 2.34. The molecule has 150 valence electrons. The minimum atomic E-state index is -0.581. The molecule has 5 nitrogen and oxygen atoms in total. The number of rotatable bonds is 5. The van der Waals surface area contributed by atoms with Gasteiger partial charge < -0.3 is 14.3 Å². The van der Waals surface area contributed by atoms with E-state index in [1.807, 2.05) is 47.6 Å². The molecule has 1 atom stereocenters. The molecule has 5 heteroatoms. The van der Waals surface area contributed by atoms with Crippen LogP contribution in [0.2, 0.25) is 0 Å². The van der Waals surface area contributed by atoms with Crippen molar-refractivity contribution in [1.82, 2.24) is 0 Å². The largest absolute Gasteiger partial charge is 0.506 e. The summed E-state index contributed by atoms with van der Waals surface area (Å²) in [7, 11) is 0. The van der Waals surface area contributed by atoms with Gasteiger partial charge in [-0.05, 0) is 43.9 Å². The van der Waals surface area contributed by atoms with Crippen LogP contribution in [0.25, 0.3) is 17.0 Å². The first-order valence-corrected chi connectivity index (χ1v) is 9.85. The number of hydrogen-bond donors (Lipinski definition) is 1. The number of Topliss-reactive ketones (excluding diaryl/α,β-unsaturated/α-hetero) is 1. The van der Waals surface area contributed by atoms with Crippen LogP contribution in [0.1, 0.15) is 69.4 Å². The first-order valence-electron chi connectivity index (χ1n) is 9.85. The van der Waals surface area contributed by atoms with Crippen molar-refractivity contribution in [2.24, 2.45) is 11.8 Å². The molecule has 1 aliphatic heterocycles. The highest BCUT2D eigenvalue weighted by Crippen LogP contribution is 2.47. The van der Waals surface area contributed by atoms with Gasteiger partial charge in [-0.25, -0.2) is 4.79 Å². The van der Waals surface area contributed by atoms with E-state index in [1.54, 1.807) is 6.08 Å². The van der Waals surface area contributed by atoms with E-state index in [0.29, 0.717) is 23.1 Å². The van der Waals surface area contributed by atoms with Gasteiger partial charge in [0.2, 0.25) is 0 Å². The van der Waals surface area contributed by atoms with Crippen LogP contribution in [0.5, 0.6) is 11.5 Å². The lowest BCUT2D eigenvalue weighted by Crippen LogP contribution is -2.28. The number of aryl methyl sites for hydroxylation is 1. The standard InChI is InChI=1S/C23H28O5/c1-7-8-14-11-16(24)27-22-17(14)21-15(9-10-23(5,6)28-21)20(26)18(22)19(25)13(4)12(2)3/h9-13,26H,7-8H2,1-6H3/t13-/m1/s1. The molecule has 1 aliphatic rings. The second kappa shape index (κ2) is 7.12.